The van der Waals surface area contributed by atoms with E-state index < -0.39 is 0 Å². The number of nitrogens with zero attached hydrogens (tertiary/aromatic N) is 3. The Labute approximate surface area is 231 Å². The fraction of sp³-hybridized carbons (Fsp3) is 0. The highest BCUT2D eigenvalue weighted by Gasteiger charge is 2.11. The van der Waals surface area contributed by atoms with Gasteiger partial charge in [0.25, 0.3) is 0 Å². The van der Waals surface area contributed by atoms with Crippen molar-refractivity contribution in [3.63, 3.8) is 0 Å². The second-order valence-electron chi connectivity index (χ2n) is 10.1. The Morgan fingerprint density at radius 2 is 1.12 bits per heavy atom. The van der Waals surface area contributed by atoms with Crippen molar-refractivity contribution in [3.05, 3.63) is 140 Å². The van der Waals surface area contributed by atoms with Crippen molar-refractivity contribution < 1.29 is 0 Å². The summed E-state index contributed by atoms with van der Waals surface area (Å²) in [6.45, 7) is 0. The molecule has 3 aromatic heterocycles. The minimum atomic E-state index is 0.961. The number of benzene rings is 5. The highest BCUT2D eigenvalue weighted by atomic mass is 14.7. The molecule has 0 unspecified atom stereocenters. The lowest BCUT2D eigenvalue weighted by molar-refractivity contribution is 1.39. The lowest BCUT2D eigenvalue weighted by atomic mass is 9.97. The predicted octanol–water partition coefficient (Wildman–Crippen LogP) is 9.49. The van der Waals surface area contributed by atoms with Crippen molar-refractivity contribution in [3.8, 4) is 33.6 Å². The first-order chi connectivity index (χ1) is 19.8. The molecule has 0 saturated heterocycles. The molecule has 0 aliphatic rings. The van der Waals surface area contributed by atoms with E-state index >= 15 is 0 Å². The number of hydrogen-bond acceptors (Lipinski definition) is 3. The van der Waals surface area contributed by atoms with Gasteiger partial charge in [0, 0.05) is 38.9 Å². The van der Waals surface area contributed by atoms with Crippen molar-refractivity contribution in [1.82, 2.24) is 15.0 Å². The molecule has 0 bridgehead atoms. The zero-order chi connectivity index (χ0) is 26.5. The van der Waals surface area contributed by atoms with Crippen LogP contribution in [0.3, 0.4) is 0 Å². The summed E-state index contributed by atoms with van der Waals surface area (Å²) in [6, 6.07) is 46.6. The minimum Gasteiger partial charge on any atom is -0.256 e. The first-order valence-electron chi connectivity index (χ1n) is 13.4. The van der Waals surface area contributed by atoms with E-state index in [0.717, 1.165) is 77.1 Å². The van der Waals surface area contributed by atoms with Gasteiger partial charge in [-0.2, -0.15) is 0 Å². The van der Waals surface area contributed by atoms with Crippen LogP contribution in [-0.2, 0) is 0 Å². The van der Waals surface area contributed by atoms with Crippen molar-refractivity contribution >= 4 is 43.5 Å². The molecule has 3 nitrogen and oxygen atoms in total. The van der Waals surface area contributed by atoms with Gasteiger partial charge in [-0.15, -0.1) is 0 Å². The van der Waals surface area contributed by atoms with Gasteiger partial charge in [-0.25, -0.2) is 9.97 Å². The number of fused-ring (bicyclic) bond motifs is 5. The van der Waals surface area contributed by atoms with Gasteiger partial charge < -0.3 is 0 Å². The highest BCUT2D eigenvalue weighted by Crippen LogP contribution is 2.35. The summed E-state index contributed by atoms with van der Waals surface area (Å²) in [5.74, 6) is 0. The number of aromatic nitrogens is 3. The average molecular weight is 510 g/mol. The van der Waals surface area contributed by atoms with Crippen molar-refractivity contribution in [1.29, 1.82) is 0 Å². The molecular weight excluding hydrogens is 486 g/mol. The van der Waals surface area contributed by atoms with E-state index in [1.165, 1.54) is 0 Å². The molecule has 0 aliphatic carbocycles. The molecule has 5 aromatic carbocycles. The standard InChI is InChI=1S/C37H23N3/c1-2-7-24(8-3-1)33-18-16-28-21-26(15-17-34(28)39-33)27-13-12-25-14-19-35(40-36(25)23-27)32-22-29-9-6-20-38-37(29)31-11-5-4-10-30(31)32/h1-23H. The van der Waals surface area contributed by atoms with Gasteiger partial charge >= 0.3 is 0 Å². The summed E-state index contributed by atoms with van der Waals surface area (Å²) in [6.07, 6.45) is 1.86. The van der Waals surface area contributed by atoms with Gasteiger partial charge in [0.1, 0.15) is 0 Å². The van der Waals surface area contributed by atoms with E-state index in [9.17, 15) is 0 Å². The Morgan fingerprint density at radius 1 is 0.400 bits per heavy atom. The quantitative estimate of drug-likeness (QED) is 0.223. The van der Waals surface area contributed by atoms with Crippen LogP contribution >= 0.6 is 0 Å². The summed E-state index contributed by atoms with van der Waals surface area (Å²) >= 11 is 0. The van der Waals surface area contributed by atoms with Crippen LogP contribution in [0.4, 0.5) is 0 Å². The van der Waals surface area contributed by atoms with Crippen molar-refractivity contribution in [2.75, 3.05) is 0 Å². The Hall–Kier alpha value is -5.41. The van der Waals surface area contributed by atoms with Crippen LogP contribution in [-0.4, -0.2) is 15.0 Å². The van der Waals surface area contributed by atoms with Gasteiger partial charge in [-0.05, 0) is 59.0 Å². The van der Waals surface area contributed by atoms with Crippen LogP contribution in [0.15, 0.2) is 140 Å². The molecule has 0 saturated carbocycles. The summed E-state index contributed by atoms with van der Waals surface area (Å²) in [5, 5.41) is 5.66. The fourth-order valence-electron chi connectivity index (χ4n) is 5.65. The molecule has 0 N–H and O–H groups in total. The Kier molecular flexibility index (Phi) is 5.14. The average Bonchev–Trinajstić information content (AvgIpc) is 3.04. The maximum absolute atomic E-state index is 5.16. The molecule has 0 amide bonds. The zero-order valence-electron chi connectivity index (χ0n) is 21.6. The molecule has 0 atom stereocenters. The Balaban J connectivity index is 1.22. The van der Waals surface area contributed by atoms with Gasteiger partial charge in [-0.3, -0.25) is 4.98 Å². The smallest absolute Gasteiger partial charge is 0.0780 e. The van der Waals surface area contributed by atoms with Crippen LogP contribution < -0.4 is 0 Å². The van der Waals surface area contributed by atoms with Crippen LogP contribution in [0.2, 0.25) is 0 Å². The SMILES string of the molecule is c1ccc(-c2ccc3cc(-c4ccc5ccc(-c6cc7cccnc7c7ccccc67)nc5c4)ccc3n2)cc1. The highest BCUT2D eigenvalue weighted by molar-refractivity contribution is 6.12. The first kappa shape index (κ1) is 22.6. The lowest BCUT2D eigenvalue weighted by Gasteiger charge is -2.11. The van der Waals surface area contributed by atoms with E-state index in [1.807, 2.05) is 30.5 Å². The van der Waals surface area contributed by atoms with Gasteiger partial charge in [0.15, 0.2) is 0 Å². The van der Waals surface area contributed by atoms with Gasteiger partial charge in [0.2, 0.25) is 0 Å². The van der Waals surface area contributed by atoms with Gasteiger partial charge in [-0.1, -0.05) is 91.0 Å². The second-order valence-corrected chi connectivity index (χ2v) is 10.1. The molecule has 8 aromatic rings. The molecule has 0 spiro atoms. The van der Waals surface area contributed by atoms with Crippen LogP contribution in [0.5, 0.6) is 0 Å². The summed E-state index contributed by atoms with van der Waals surface area (Å²) in [7, 11) is 0. The van der Waals surface area contributed by atoms with E-state index in [0.29, 0.717) is 0 Å². The number of rotatable bonds is 3. The maximum atomic E-state index is 5.16. The first-order valence-corrected chi connectivity index (χ1v) is 13.4. The van der Waals surface area contributed by atoms with Crippen LogP contribution in [0, 0.1) is 0 Å². The van der Waals surface area contributed by atoms with Gasteiger partial charge in [0.05, 0.1) is 27.9 Å². The number of pyridine rings is 3. The minimum absolute atomic E-state index is 0.961. The monoisotopic (exact) mass is 509 g/mol. The third kappa shape index (κ3) is 3.79. The largest absolute Gasteiger partial charge is 0.256 e. The van der Waals surface area contributed by atoms with Crippen LogP contribution in [0.1, 0.15) is 0 Å². The van der Waals surface area contributed by atoms with E-state index in [-0.39, 0.29) is 0 Å². The molecule has 0 aliphatic heterocycles. The third-order valence-corrected chi connectivity index (χ3v) is 7.67. The molecule has 8 rings (SSSR count). The topological polar surface area (TPSA) is 38.7 Å². The second kappa shape index (κ2) is 9.11. The third-order valence-electron chi connectivity index (χ3n) is 7.67. The molecule has 3 heterocycles. The summed E-state index contributed by atoms with van der Waals surface area (Å²) < 4.78 is 0. The predicted molar refractivity (Wildman–Crippen MR) is 166 cm³/mol. The fourth-order valence-corrected chi connectivity index (χ4v) is 5.65. The van der Waals surface area contributed by atoms with E-state index in [2.05, 4.69) is 114 Å². The molecule has 186 valence electrons. The Bertz CT molecular complexity index is 2220. The van der Waals surface area contributed by atoms with Crippen LogP contribution in [0.25, 0.3) is 77.1 Å². The number of hydrogen-bond donors (Lipinski definition) is 0. The lowest BCUT2D eigenvalue weighted by Crippen LogP contribution is -1.90. The van der Waals surface area contributed by atoms with E-state index in [4.69, 9.17) is 9.97 Å². The molecular formula is C37H23N3. The van der Waals surface area contributed by atoms with Crippen molar-refractivity contribution in [2.24, 2.45) is 0 Å². The molecule has 3 heteroatoms. The molecule has 0 radical (unpaired) electrons. The maximum Gasteiger partial charge on any atom is 0.0780 e. The van der Waals surface area contributed by atoms with Crippen molar-refractivity contribution in [2.45, 2.75) is 0 Å². The summed E-state index contributed by atoms with van der Waals surface area (Å²) in [4.78, 5) is 14.7. The normalized spacial score (nSPS) is 11.5. The Morgan fingerprint density at radius 3 is 2.05 bits per heavy atom. The molecule has 0 fully saturated rings. The molecule has 40 heavy (non-hydrogen) atoms. The summed E-state index contributed by atoms with van der Waals surface area (Å²) in [5.41, 5.74) is 9.47. The zero-order valence-corrected chi connectivity index (χ0v) is 21.6. The van der Waals surface area contributed by atoms with E-state index in [1.54, 1.807) is 0 Å².